The summed E-state index contributed by atoms with van der Waals surface area (Å²) in [5.74, 6) is 0.536. The molecule has 0 spiro atoms. The van der Waals surface area contributed by atoms with Crippen molar-refractivity contribution in [2.75, 3.05) is 6.54 Å². The summed E-state index contributed by atoms with van der Waals surface area (Å²) in [5.41, 5.74) is 5.69. The van der Waals surface area contributed by atoms with Crippen LogP contribution in [0.25, 0.3) is 0 Å². The minimum absolute atomic E-state index is 0. The fourth-order valence-electron chi connectivity index (χ4n) is 1.46. The molecule has 3 unspecified atom stereocenters. The first-order valence-electron chi connectivity index (χ1n) is 6.35. The predicted octanol–water partition coefficient (Wildman–Crippen LogP) is 2.74. The lowest BCUT2D eigenvalue weighted by Crippen LogP contribution is -2.42. The van der Waals surface area contributed by atoms with Crippen LogP contribution in [0.3, 0.4) is 0 Å². The highest BCUT2D eigenvalue weighted by Gasteiger charge is 2.17. The Morgan fingerprint density at radius 3 is 2.60 bits per heavy atom. The molecule has 114 valence electrons. The van der Waals surface area contributed by atoms with E-state index in [0.717, 1.165) is 10.2 Å². The molecule has 3 atom stereocenters. The Bertz CT molecular complexity index is 429. The quantitative estimate of drug-likeness (QED) is 0.814. The predicted molar refractivity (Wildman–Crippen MR) is 87.3 cm³/mol. The zero-order chi connectivity index (χ0) is 14.4. The smallest absolute Gasteiger partial charge is 0.224 e. The summed E-state index contributed by atoms with van der Waals surface area (Å²) in [5, 5.41) is 2.84. The van der Waals surface area contributed by atoms with Crippen molar-refractivity contribution >= 4 is 34.2 Å². The van der Waals surface area contributed by atoms with Crippen LogP contribution in [0.5, 0.6) is 5.75 Å². The van der Waals surface area contributed by atoms with Crippen molar-refractivity contribution in [1.82, 2.24) is 5.32 Å². The van der Waals surface area contributed by atoms with E-state index >= 15 is 0 Å². The molecule has 0 aliphatic rings. The highest BCUT2D eigenvalue weighted by molar-refractivity contribution is 9.10. The van der Waals surface area contributed by atoms with Gasteiger partial charge in [-0.3, -0.25) is 4.79 Å². The van der Waals surface area contributed by atoms with Gasteiger partial charge < -0.3 is 15.8 Å². The molecular weight excluding hydrogens is 344 g/mol. The van der Waals surface area contributed by atoms with Gasteiger partial charge in [-0.1, -0.05) is 28.9 Å². The summed E-state index contributed by atoms with van der Waals surface area (Å²) in [6, 6.07) is 7.46. The van der Waals surface area contributed by atoms with Crippen molar-refractivity contribution in [1.29, 1.82) is 0 Å². The maximum Gasteiger partial charge on any atom is 0.224 e. The standard InChI is InChI=1S/C14H21BrN2O2.ClH/c1-9(8-17-14(18)10(2)11(3)16)19-13-6-4-5-12(15)7-13;/h4-7,9-11H,8,16H2,1-3H3,(H,17,18);1H. The van der Waals surface area contributed by atoms with Crippen LogP contribution in [0, 0.1) is 5.92 Å². The van der Waals surface area contributed by atoms with Gasteiger partial charge >= 0.3 is 0 Å². The number of ether oxygens (including phenoxy) is 1. The molecule has 0 aliphatic carbocycles. The zero-order valence-corrected chi connectivity index (χ0v) is 14.3. The summed E-state index contributed by atoms with van der Waals surface area (Å²) in [4.78, 5) is 11.7. The van der Waals surface area contributed by atoms with E-state index in [1.807, 2.05) is 45.0 Å². The lowest BCUT2D eigenvalue weighted by atomic mass is 10.0. The molecule has 0 bridgehead atoms. The fourth-order valence-corrected chi connectivity index (χ4v) is 1.84. The summed E-state index contributed by atoms with van der Waals surface area (Å²) in [6.07, 6.45) is -0.0986. The van der Waals surface area contributed by atoms with E-state index in [4.69, 9.17) is 10.5 Å². The van der Waals surface area contributed by atoms with Crippen molar-refractivity contribution in [3.63, 3.8) is 0 Å². The van der Waals surface area contributed by atoms with E-state index in [0.29, 0.717) is 6.54 Å². The number of hydrogen-bond acceptors (Lipinski definition) is 3. The number of nitrogens with one attached hydrogen (secondary N) is 1. The fraction of sp³-hybridized carbons (Fsp3) is 0.500. The monoisotopic (exact) mass is 364 g/mol. The Hall–Kier alpha value is -0.780. The summed E-state index contributed by atoms with van der Waals surface area (Å²) < 4.78 is 6.67. The van der Waals surface area contributed by atoms with Crippen molar-refractivity contribution in [3.8, 4) is 5.75 Å². The molecule has 1 amide bonds. The first kappa shape index (κ1) is 19.2. The van der Waals surface area contributed by atoms with Gasteiger partial charge in [0.25, 0.3) is 0 Å². The van der Waals surface area contributed by atoms with Gasteiger partial charge in [-0.2, -0.15) is 0 Å². The van der Waals surface area contributed by atoms with Crippen LogP contribution in [0.2, 0.25) is 0 Å². The third kappa shape index (κ3) is 6.59. The van der Waals surface area contributed by atoms with Gasteiger partial charge in [0, 0.05) is 16.4 Å². The summed E-state index contributed by atoms with van der Waals surface area (Å²) in [7, 11) is 0. The minimum atomic E-state index is -0.196. The Kier molecular flexibility index (Phi) is 8.85. The highest BCUT2D eigenvalue weighted by Crippen LogP contribution is 2.18. The Morgan fingerprint density at radius 2 is 2.05 bits per heavy atom. The molecule has 1 aromatic carbocycles. The van der Waals surface area contributed by atoms with Crippen LogP contribution in [0.4, 0.5) is 0 Å². The number of halogens is 2. The lowest BCUT2D eigenvalue weighted by Gasteiger charge is -2.19. The first-order valence-corrected chi connectivity index (χ1v) is 7.15. The van der Waals surface area contributed by atoms with Crippen LogP contribution in [0.15, 0.2) is 28.7 Å². The van der Waals surface area contributed by atoms with Crippen LogP contribution >= 0.6 is 28.3 Å². The van der Waals surface area contributed by atoms with Crippen molar-refractivity contribution in [3.05, 3.63) is 28.7 Å². The van der Waals surface area contributed by atoms with Gasteiger partial charge in [0.2, 0.25) is 5.91 Å². The van der Waals surface area contributed by atoms with Gasteiger partial charge in [-0.05, 0) is 32.0 Å². The average molecular weight is 366 g/mol. The maximum atomic E-state index is 11.7. The number of carbonyl (C=O) groups excluding carboxylic acids is 1. The normalized spacial score (nSPS) is 14.7. The van der Waals surface area contributed by atoms with Crippen LogP contribution in [0.1, 0.15) is 20.8 Å². The Balaban J connectivity index is 0.00000361. The van der Waals surface area contributed by atoms with Gasteiger partial charge in [-0.15, -0.1) is 12.4 Å². The second-order valence-corrected chi connectivity index (χ2v) is 5.69. The van der Waals surface area contributed by atoms with Gasteiger partial charge in [0.15, 0.2) is 0 Å². The molecule has 0 saturated heterocycles. The highest BCUT2D eigenvalue weighted by atomic mass is 79.9. The molecule has 0 aromatic heterocycles. The van der Waals surface area contributed by atoms with Gasteiger partial charge in [0.05, 0.1) is 6.54 Å². The Labute approximate surface area is 135 Å². The van der Waals surface area contributed by atoms with Crippen LogP contribution in [-0.4, -0.2) is 24.6 Å². The molecule has 0 fully saturated rings. The van der Waals surface area contributed by atoms with Crippen molar-refractivity contribution < 1.29 is 9.53 Å². The molecule has 3 N–H and O–H groups in total. The molecule has 0 heterocycles. The molecular formula is C14H22BrClN2O2. The first-order chi connectivity index (χ1) is 8.90. The molecule has 0 radical (unpaired) electrons. The van der Waals surface area contributed by atoms with E-state index in [9.17, 15) is 4.79 Å². The average Bonchev–Trinajstić information content (AvgIpc) is 2.34. The molecule has 0 saturated carbocycles. The second kappa shape index (κ2) is 9.21. The van der Waals surface area contributed by atoms with Crippen molar-refractivity contribution in [2.24, 2.45) is 11.7 Å². The topological polar surface area (TPSA) is 64.4 Å². The number of benzene rings is 1. The van der Waals surface area contributed by atoms with E-state index in [-0.39, 0.29) is 36.4 Å². The minimum Gasteiger partial charge on any atom is -0.489 e. The van der Waals surface area contributed by atoms with Crippen LogP contribution < -0.4 is 15.8 Å². The second-order valence-electron chi connectivity index (χ2n) is 4.78. The van der Waals surface area contributed by atoms with E-state index < -0.39 is 0 Å². The molecule has 0 aliphatic heterocycles. The number of hydrogen-bond donors (Lipinski definition) is 2. The third-order valence-corrected chi connectivity index (χ3v) is 3.39. The molecule has 1 aromatic rings. The maximum absolute atomic E-state index is 11.7. The van der Waals surface area contributed by atoms with E-state index in [2.05, 4.69) is 21.2 Å². The number of carbonyl (C=O) groups is 1. The number of nitrogens with two attached hydrogens (primary N) is 1. The molecule has 4 nitrogen and oxygen atoms in total. The van der Waals surface area contributed by atoms with Gasteiger partial charge in [-0.25, -0.2) is 0 Å². The summed E-state index contributed by atoms with van der Waals surface area (Å²) >= 11 is 3.39. The Morgan fingerprint density at radius 1 is 1.40 bits per heavy atom. The van der Waals surface area contributed by atoms with E-state index in [1.54, 1.807) is 0 Å². The third-order valence-electron chi connectivity index (χ3n) is 2.90. The number of amides is 1. The molecule has 20 heavy (non-hydrogen) atoms. The van der Waals surface area contributed by atoms with Crippen LogP contribution in [-0.2, 0) is 4.79 Å². The van der Waals surface area contributed by atoms with E-state index in [1.165, 1.54) is 0 Å². The van der Waals surface area contributed by atoms with Crippen molar-refractivity contribution in [2.45, 2.75) is 32.9 Å². The summed E-state index contributed by atoms with van der Waals surface area (Å²) in [6.45, 7) is 6.02. The molecule has 1 rings (SSSR count). The largest absolute Gasteiger partial charge is 0.489 e. The van der Waals surface area contributed by atoms with Gasteiger partial charge in [0.1, 0.15) is 11.9 Å². The molecule has 6 heteroatoms. The zero-order valence-electron chi connectivity index (χ0n) is 11.9. The number of rotatable bonds is 6. The lowest BCUT2D eigenvalue weighted by molar-refractivity contribution is -0.125. The SMILES string of the molecule is CC(CNC(=O)C(C)C(C)N)Oc1cccc(Br)c1.Cl.